The fraction of sp³-hybridized carbons (Fsp3) is 1.00. The molecule has 2 unspecified atom stereocenters. The van der Waals surface area contributed by atoms with E-state index in [4.69, 9.17) is 5.73 Å². The van der Waals surface area contributed by atoms with Gasteiger partial charge in [-0.05, 0) is 20.4 Å². The molecule has 0 aromatic heterocycles. The minimum atomic E-state index is 0.406. The summed E-state index contributed by atoms with van der Waals surface area (Å²) < 4.78 is 0. The fourth-order valence-corrected chi connectivity index (χ4v) is 1.63. The molecule has 0 radical (unpaired) electrons. The van der Waals surface area contributed by atoms with Crippen LogP contribution in [0.2, 0.25) is 0 Å². The van der Waals surface area contributed by atoms with Crippen LogP contribution in [-0.2, 0) is 0 Å². The predicted molar refractivity (Wildman–Crippen MR) is 68.1 cm³/mol. The highest BCUT2D eigenvalue weighted by Crippen LogP contribution is 2.04. The zero-order valence-corrected chi connectivity index (χ0v) is 10.7. The van der Waals surface area contributed by atoms with Crippen LogP contribution in [0, 0.1) is 0 Å². The molecule has 2 atom stereocenters. The van der Waals surface area contributed by atoms with Gasteiger partial charge in [0.25, 0.3) is 0 Å². The van der Waals surface area contributed by atoms with E-state index in [1.54, 1.807) is 0 Å². The second-order valence-electron chi connectivity index (χ2n) is 4.38. The number of hydrogen-bond acceptors (Lipinski definition) is 3. The van der Waals surface area contributed by atoms with E-state index >= 15 is 0 Å². The Bertz CT molecular complexity index is 124. The zero-order chi connectivity index (χ0) is 11.5. The van der Waals surface area contributed by atoms with Gasteiger partial charge in [-0.3, -0.25) is 0 Å². The van der Waals surface area contributed by atoms with Gasteiger partial charge in [0.1, 0.15) is 0 Å². The van der Waals surface area contributed by atoms with Crippen LogP contribution in [0.15, 0.2) is 0 Å². The number of hydrogen-bond donors (Lipinski definition) is 3. The standard InChI is InChI=1S/C12H29N3/c1-4-5-6-7-8-11(2)15-10-12(9-13)14-3/h11-12,14-15H,4-10,13H2,1-3H3. The molecule has 0 saturated carbocycles. The van der Waals surface area contributed by atoms with Gasteiger partial charge in [-0.2, -0.15) is 0 Å². The molecule has 0 rings (SSSR count). The molecule has 0 aliphatic carbocycles. The third-order valence-corrected chi connectivity index (χ3v) is 2.90. The maximum absolute atomic E-state index is 5.61. The Labute approximate surface area is 95.2 Å². The Morgan fingerprint density at radius 1 is 1.20 bits per heavy atom. The summed E-state index contributed by atoms with van der Waals surface area (Å²) in [6.07, 6.45) is 6.68. The lowest BCUT2D eigenvalue weighted by atomic mass is 10.1. The summed E-state index contributed by atoms with van der Waals surface area (Å²) in [7, 11) is 1.96. The van der Waals surface area contributed by atoms with Gasteiger partial charge in [-0.25, -0.2) is 0 Å². The minimum Gasteiger partial charge on any atom is -0.329 e. The molecule has 0 bridgehead atoms. The summed E-state index contributed by atoms with van der Waals surface area (Å²) in [6, 6.07) is 1.02. The summed E-state index contributed by atoms with van der Waals surface area (Å²) >= 11 is 0. The third-order valence-electron chi connectivity index (χ3n) is 2.90. The number of nitrogens with two attached hydrogens (primary N) is 1. The highest BCUT2D eigenvalue weighted by Gasteiger charge is 2.05. The van der Waals surface area contributed by atoms with Crippen molar-refractivity contribution in [1.82, 2.24) is 10.6 Å². The molecular formula is C12H29N3. The largest absolute Gasteiger partial charge is 0.329 e. The summed E-state index contributed by atoms with van der Waals surface area (Å²) in [4.78, 5) is 0. The van der Waals surface area contributed by atoms with Gasteiger partial charge in [-0.1, -0.05) is 32.6 Å². The Hall–Kier alpha value is -0.120. The first-order chi connectivity index (χ1) is 7.24. The molecule has 3 heteroatoms. The van der Waals surface area contributed by atoms with Gasteiger partial charge in [0.2, 0.25) is 0 Å². The first-order valence-electron chi connectivity index (χ1n) is 6.35. The van der Waals surface area contributed by atoms with Crippen molar-refractivity contribution in [3.63, 3.8) is 0 Å². The molecule has 0 spiro atoms. The molecular weight excluding hydrogens is 186 g/mol. The van der Waals surface area contributed by atoms with Crippen LogP contribution >= 0.6 is 0 Å². The molecule has 0 aromatic carbocycles. The van der Waals surface area contributed by atoms with Gasteiger partial charge >= 0.3 is 0 Å². The lowest BCUT2D eigenvalue weighted by Gasteiger charge is -2.19. The molecule has 92 valence electrons. The Morgan fingerprint density at radius 3 is 2.47 bits per heavy atom. The lowest BCUT2D eigenvalue weighted by molar-refractivity contribution is 0.438. The van der Waals surface area contributed by atoms with E-state index in [1.807, 2.05) is 7.05 Å². The third kappa shape index (κ3) is 8.85. The topological polar surface area (TPSA) is 50.1 Å². The first kappa shape index (κ1) is 14.9. The Kier molecular flexibility index (Phi) is 10.3. The van der Waals surface area contributed by atoms with E-state index in [0.717, 1.165) is 6.54 Å². The van der Waals surface area contributed by atoms with E-state index in [0.29, 0.717) is 18.6 Å². The maximum atomic E-state index is 5.61. The number of rotatable bonds is 10. The minimum absolute atomic E-state index is 0.406. The second kappa shape index (κ2) is 10.4. The smallest absolute Gasteiger partial charge is 0.0312 e. The first-order valence-corrected chi connectivity index (χ1v) is 6.35. The van der Waals surface area contributed by atoms with Crippen LogP contribution in [-0.4, -0.2) is 32.2 Å². The van der Waals surface area contributed by atoms with Crippen LogP contribution in [0.25, 0.3) is 0 Å². The van der Waals surface area contributed by atoms with Crippen molar-refractivity contribution in [3.05, 3.63) is 0 Å². The van der Waals surface area contributed by atoms with Gasteiger partial charge in [-0.15, -0.1) is 0 Å². The van der Waals surface area contributed by atoms with Crippen LogP contribution in [0.5, 0.6) is 0 Å². The maximum Gasteiger partial charge on any atom is 0.0312 e. The average Bonchev–Trinajstić information content (AvgIpc) is 2.26. The van der Waals surface area contributed by atoms with Gasteiger partial charge < -0.3 is 16.4 Å². The lowest BCUT2D eigenvalue weighted by Crippen LogP contribution is -2.44. The number of nitrogens with one attached hydrogen (secondary N) is 2. The molecule has 3 nitrogen and oxygen atoms in total. The van der Waals surface area contributed by atoms with Crippen molar-refractivity contribution >= 4 is 0 Å². The highest BCUT2D eigenvalue weighted by atomic mass is 15.0. The van der Waals surface area contributed by atoms with Crippen molar-refractivity contribution in [3.8, 4) is 0 Å². The molecule has 0 heterocycles. The summed E-state index contributed by atoms with van der Waals surface area (Å²) in [5, 5.41) is 6.71. The van der Waals surface area contributed by atoms with Crippen molar-refractivity contribution in [2.45, 2.75) is 58.0 Å². The molecule has 0 aliphatic heterocycles. The summed E-state index contributed by atoms with van der Waals surface area (Å²) in [5.41, 5.74) is 5.61. The van der Waals surface area contributed by atoms with Gasteiger partial charge in [0.15, 0.2) is 0 Å². The van der Waals surface area contributed by atoms with Crippen molar-refractivity contribution < 1.29 is 0 Å². The second-order valence-corrected chi connectivity index (χ2v) is 4.38. The zero-order valence-electron chi connectivity index (χ0n) is 10.7. The predicted octanol–water partition coefficient (Wildman–Crippen LogP) is 1.48. The van der Waals surface area contributed by atoms with E-state index in [2.05, 4.69) is 24.5 Å². The van der Waals surface area contributed by atoms with Crippen LogP contribution in [0.4, 0.5) is 0 Å². The molecule has 4 N–H and O–H groups in total. The summed E-state index contributed by atoms with van der Waals surface area (Å²) in [5.74, 6) is 0. The van der Waals surface area contributed by atoms with Crippen LogP contribution in [0.1, 0.15) is 46.0 Å². The van der Waals surface area contributed by atoms with E-state index in [-0.39, 0.29) is 0 Å². The van der Waals surface area contributed by atoms with Crippen LogP contribution in [0.3, 0.4) is 0 Å². The quantitative estimate of drug-likeness (QED) is 0.484. The normalized spacial score (nSPS) is 15.2. The van der Waals surface area contributed by atoms with Gasteiger partial charge in [0, 0.05) is 25.2 Å². The molecule has 0 aromatic rings. The number of unbranched alkanes of at least 4 members (excludes halogenated alkanes) is 3. The number of likely N-dealkylation sites (N-methyl/N-ethyl adjacent to an activating group) is 1. The molecule has 0 amide bonds. The van der Waals surface area contributed by atoms with Crippen LogP contribution < -0.4 is 16.4 Å². The van der Waals surface area contributed by atoms with E-state index in [9.17, 15) is 0 Å². The molecule has 0 aliphatic rings. The fourth-order valence-electron chi connectivity index (χ4n) is 1.63. The van der Waals surface area contributed by atoms with Gasteiger partial charge in [0.05, 0.1) is 0 Å². The average molecular weight is 215 g/mol. The Balaban J connectivity index is 3.35. The SMILES string of the molecule is CCCCCCC(C)NCC(CN)NC. The monoisotopic (exact) mass is 215 g/mol. The van der Waals surface area contributed by atoms with Crippen molar-refractivity contribution in [2.75, 3.05) is 20.1 Å². The highest BCUT2D eigenvalue weighted by molar-refractivity contribution is 4.71. The molecule has 0 saturated heterocycles. The molecule has 0 fully saturated rings. The molecule has 15 heavy (non-hydrogen) atoms. The van der Waals surface area contributed by atoms with Crippen molar-refractivity contribution in [2.24, 2.45) is 5.73 Å². The Morgan fingerprint density at radius 2 is 1.93 bits per heavy atom. The van der Waals surface area contributed by atoms with Crippen molar-refractivity contribution in [1.29, 1.82) is 0 Å². The van der Waals surface area contributed by atoms with E-state index in [1.165, 1.54) is 32.1 Å². The van der Waals surface area contributed by atoms with E-state index < -0.39 is 0 Å². The summed E-state index contributed by atoms with van der Waals surface area (Å²) in [6.45, 7) is 6.18.